The molecule has 2 nitrogen and oxygen atoms in total. The van der Waals surface area contributed by atoms with Gasteiger partial charge in [-0.05, 0) is 6.42 Å². The second-order valence-corrected chi connectivity index (χ2v) is 6.07. The van der Waals surface area contributed by atoms with Gasteiger partial charge < -0.3 is 9.47 Å². The number of halogens is 1. The van der Waals surface area contributed by atoms with E-state index in [0.29, 0.717) is 0 Å². The van der Waals surface area contributed by atoms with Gasteiger partial charge >= 0.3 is 18.2 Å². The van der Waals surface area contributed by atoms with Crippen molar-refractivity contribution < 1.29 is 9.47 Å². The molecule has 0 unspecified atom stereocenters. The molecule has 72 valence electrons. The standard InChI is InChI=1S/C10H11O2.BrH.Mg/c1-2-5-9(6-3-1)10-11-7-4-8-12-10;;/h2-3,5-6,10H,4,7-8H2;1H;/q;;+1/p-1. The molecule has 1 fully saturated rings. The number of ether oxygens (including phenoxy) is 2. The molecular formula is C10H11BrMgO2. The highest BCUT2D eigenvalue weighted by molar-refractivity contribution is 9.23. The number of benzene rings is 1. The maximum Gasteiger partial charge on any atom is 0.506 e. The minimum absolute atomic E-state index is 0.144. The third-order valence-electron chi connectivity index (χ3n) is 2.23. The van der Waals surface area contributed by atoms with Gasteiger partial charge in [-0.2, -0.15) is 3.69 Å². The van der Waals surface area contributed by atoms with Gasteiger partial charge in [-0.3, -0.25) is 12.9 Å². The molecular weight excluding hydrogens is 256 g/mol. The van der Waals surface area contributed by atoms with Crippen LogP contribution in [0.25, 0.3) is 0 Å². The van der Waals surface area contributed by atoms with Gasteiger partial charge in [0.2, 0.25) is 0 Å². The van der Waals surface area contributed by atoms with Crippen LogP contribution < -0.4 is 3.69 Å². The summed E-state index contributed by atoms with van der Waals surface area (Å²) >= 11 is 3.33. The SMILES string of the molecule is [Br][Mg][c]1ccc(C2OCCCO2)cc1. The Kier molecular flexibility index (Phi) is 4.25. The molecule has 1 aliphatic rings. The van der Waals surface area contributed by atoms with Gasteiger partial charge in [0.1, 0.15) is 0 Å². The van der Waals surface area contributed by atoms with Crippen molar-refractivity contribution in [3.63, 3.8) is 0 Å². The van der Waals surface area contributed by atoms with E-state index < -0.39 is 0 Å². The molecule has 4 heteroatoms. The van der Waals surface area contributed by atoms with Crippen molar-refractivity contribution in [2.45, 2.75) is 12.7 Å². The highest BCUT2D eigenvalue weighted by atomic mass is 79.9. The van der Waals surface area contributed by atoms with Gasteiger partial charge in [0.25, 0.3) is 0 Å². The Hall–Kier alpha value is 0.386. The zero-order valence-electron chi connectivity index (χ0n) is 7.91. The Morgan fingerprint density at radius 3 is 2.36 bits per heavy atom. The molecule has 0 amide bonds. The zero-order valence-corrected chi connectivity index (χ0v) is 10.9. The lowest BCUT2D eigenvalue weighted by Gasteiger charge is -2.23. The third-order valence-corrected chi connectivity index (χ3v) is 4.96. The third kappa shape index (κ3) is 2.70. The first-order valence-corrected chi connectivity index (χ1v) is 9.39. The molecule has 1 saturated heterocycles. The van der Waals surface area contributed by atoms with Crippen molar-refractivity contribution in [3.05, 3.63) is 29.8 Å². The topological polar surface area (TPSA) is 18.5 Å². The van der Waals surface area contributed by atoms with Gasteiger partial charge in [-0.15, -0.1) is 0 Å². The molecule has 0 atom stereocenters. The van der Waals surface area contributed by atoms with Crippen LogP contribution in [0.5, 0.6) is 0 Å². The summed E-state index contributed by atoms with van der Waals surface area (Å²) in [5.74, 6) is 0. The van der Waals surface area contributed by atoms with Crippen molar-refractivity contribution in [2.24, 2.45) is 0 Å². The molecule has 1 aromatic rings. The fraction of sp³-hybridized carbons (Fsp3) is 0.400. The van der Waals surface area contributed by atoms with E-state index in [9.17, 15) is 0 Å². The van der Waals surface area contributed by atoms with Crippen LogP contribution in [0.2, 0.25) is 0 Å². The lowest BCUT2D eigenvalue weighted by molar-refractivity contribution is -0.183. The van der Waals surface area contributed by atoms with Crippen molar-refractivity contribution in [3.8, 4) is 0 Å². The van der Waals surface area contributed by atoms with E-state index in [2.05, 4.69) is 37.1 Å². The Bertz CT molecular complexity index is 283. The molecule has 14 heavy (non-hydrogen) atoms. The van der Waals surface area contributed by atoms with Crippen molar-refractivity contribution in [2.75, 3.05) is 13.2 Å². The van der Waals surface area contributed by atoms with Gasteiger partial charge in [0.15, 0.2) is 6.29 Å². The molecule has 0 spiro atoms. The summed E-state index contributed by atoms with van der Waals surface area (Å²) in [5.41, 5.74) is 1.13. The minimum atomic E-state index is -0.222. The van der Waals surface area contributed by atoms with Crippen LogP contribution in [-0.2, 0) is 9.47 Å². The Morgan fingerprint density at radius 2 is 1.79 bits per heavy atom. The molecule has 1 heterocycles. The van der Waals surface area contributed by atoms with E-state index in [4.69, 9.17) is 9.47 Å². The smallest absolute Gasteiger partial charge is 0.348 e. The summed E-state index contributed by atoms with van der Waals surface area (Å²) in [7, 11) is 0. The van der Waals surface area contributed by atoms with Crippen LogP contribution in [0.15, 0.2) is 24.3 Å². The summed E-state index contributed by atoms with van der Waals surface area (Å²) in [6, 6.07) is 8.49. The monoisotopic (exact) mass is 266 g/mol. The molecule has 1 aromatic carbocycles. The van der Waals surface area contributed by atoms with Gasteiger partial charge in [0.05, 0.1) is 13.2 Å². The fourth-order valence-corrected chi connectivity index (χ4v) is 2.98. The molecule has 0 bridgehead atoms. The second kappa shape index (κ2) is 5.46. The summed E-state index contributed by atoms with van der Waals surface area (Å²) in [5, 5.41) is 0. The number of rotatable bonds is 2. The summed E-state index contributed by atoms with van der Waals surface area (Å²) in [6.45, 7) is 1.61. The fourth-order valence-electron chi connectivity index (χ4n) is 1.44. The lowest BCUT2D eigenvalue weighted by Crippen LogP contribution is -2.18. The van der Waals surface area contributed by atoms with E-state index in [1.807, 2.05) is 0 Å². The Balaban J connectivity index is 2.07. The van der Waals surface area contributed by atoms with Crippen LogP contribution in [0.1, 0.15) is 18.3 Å². The maximum absolute atomic E-state index is 5.51. The largest absolute Gasteiger partial charge is 0.506 e. The van der Waals surface area contributed by atoms with Crippen molar-refractivity contribution in [1.29, 1.82) is 0 Å². The van der Waals surface area contributed by atoms with Crippen molar-refractivity contribution in [1.82, 2.24) is 0 Å². The van der Waals surface area contributed by atoms with E-state index >= 15 is 0 Å². The van der Waals surface area contributed by atoms with E-state index in [1.54, 1.807) is 0 Å². The lowest BCUT2D eigenvalue weighted by atomic mass is 10.2. The summed E-state index contributed by atoms with van der Waals surface area (Å²) in [6.07, 6.45) is 0.859. The average molecular weight is 267 g/mol. The van der Waals surface area contributed by atoms with E-state index in [0.717, 1.165) is 25.2 Å². The van der Waals surface area contributed by atoms with Gasteiger partial charge in [0, 0.05) is 5.56 Å². The predicted molar refractivity (Wildman–Crippen MR) is 60.0 cm³/mol. The van der Waals surface area contributed by atoms with E-state index in [1.165, 1.54) is 3.69 Å². The highest BCUT2D eigenvalue weighted by Crippen LogP contribution is 2.21. The molecule has 0 N–H and O–H groups in total. The highest BCUT2D eigenvalue weighted by Gasteiger charge is 2.15. The van der Waals surface area contributed by atoms with Crippen LogP contribution in [0.3, 0.4) is 0 Å². The second-order valence-electron chi connectivity index (χ2n) is 3.30. The number of hydrogen-bond acceptors (Lipinski definition) is 2. The first-order valence-electron chi connectivity index (χ1n) is 4.78. The molecule has 0 saturated carbocycles. The quantitative estimate of drug-likeness (QED) is 0.760. The van der Waals surface area contributed by atoms with Crippen LogP contribution >= 0.6 is 12.9 Å². The summed E-state index contributed by atoms with van der Waals surface area (Å²) < 4.78 is 12.4. The molecule has 1 aliphatic heterocycles. The van der Waals surface area contributed by atoms with Crippen LogP contribution in [-0.4, -0.2) is 31.4 Å². The van der Waals surface area contributed by atoms with Crippen molar-refractivity contribution >= 4 is 34.8 Å². The van der Waals surface area contributed by atoms with E-state index in [-0.39, 0.29) is 24.5 Å². The maximum atomic E-state index is 5.51. The molecule has 0 aliphatic carbocycles. The first kappa shape index (κ1) is 10.9. The number of hydrogen-bond donors (Lipinski definition) is 0. The normalized spacial score (nSPS) is 17.8. The first-order chi connectivity index (χ1) is 6.90. The zero-order chi connectivity index (χ0) is 9.80. The Morgan fingerprint density at radius 1 is 1.14 bits per heavy atom. The molecule has 0 aromatic heterocycles. The van der Waals surface area contributed by atoms with Crippen LogP contribution in [0.4, 0.5) is 0 Å². The molecule has 2 rings (SSSR count). The molecule has 0 radical (unpaired) electrons. The van der Waals surface area contributed by atoms with Gasteiger partial charge in [-0.25, -0.2) is 0 Å². The predicted octanol–water partition coefficient (Wildman–Crippen LogP) is 1.76. The average Bonchev–Trinajstić information content (AvgIpc) is 2.30. The van der Waals surface area contributed by atoms with Crippen LogP contribution in [0, 0.1) is 0 Å². The van der Waals surface area contributed by atoms with Gasteiger partial charge in [-0.1, -0.05) is 24.3 Å². The summed E-state index contributed by atoms with van der Waals surface area (Å²) in [4.78, 5) is 0. The minimum Gasteiger partial charge on any atom is -0.348 e. The Labute approximate surface area is 99.6 Å².